The van der Waals surface area contributed by atoms with Gasteiger partial charge >= 0.3 is 5.97 Å². The van der Waals surface area contributed by atoms with Crippen LogP contribution in [-0.2, 0) is 16.0 Å². The zero-order valence-electron chi connectivity index (χ0n) is 17.9. The van der Waals surface area contributed by atoms with E-state index in [1.165, 1.54) is 19.2 Å². The van der Waals surface area contributed by atoms with E-state index in [0.717, 1.165) is 27.6 Å². The number of ether oxygens (including phenoxy) is 2. The number of benzene rings is 3. The van der Waals surface area contributed by atoms with Gasteiger partial charge in [0.25, 0.3) is 0 Å². The fourth-order valence-electron chi connectivity index (χ4n) is 3.42. The van der Waals surface area contributed by atoms with E-state index in [0.29, 0.717) is 17.8 Å². The molecule has 0 unspecified atom stereocenters. The summed E-state index contributed by atoms with van der Waals surface area (Å²) < 4.78 is 29.5. The van der Waals surface area contributed by atoms with Crippen LogP contribution >= 0.6 is 0 Å². The minimum Gasteiger partial charge on any atom is -0.481 e. The molecule has 1 aromatic heterocycles. The van der Waals surface area contributed by atoms with Crippen LogP contribution in [0, 0.1) is 17.7 Å². The van der Waals surface area contributed by atoms with E-state index >= 15 is 0 Å². The van der Waals surface area contributed by atoms with Crippen LogP contribution in [0.25, 0.3) is 22.1 Å². The Morgan fingerprint density at radius 3 is 2.55 bits per heavy atom. The van der Waals surface area contributed by atoms with E-state index in [-0.39, 0.29) is 12.4 Å². The standard InChI is InChI=1S/C27H21FO5/c1-31-26(27(29)30)15-19-6-4-18(5-7-19)3-2-14-32-22-12-13-23-24(17-33-25(23)16-22)20-8-10-21(28)11-9-20/h4-13,16-17,26H,14-15H2,1H3,(H,29,30)/t26-/m0/s1. The maximum absolute atomic E-state index is 13.2. The van der Waals surface area contributed by atoms with Crippen LogP contribution in [0.2, 0.25) is 0 Å². The third-order valence-electron chi connectivity index (χ3n) is 5.18. The number of furan rings is 1. The van der Waals surface area contributed by atoms with Gasteiger partial charge in [0, 0.05) is 36.1 Å². The fraction of sp³-hybridized carbons (Fsp3) is 0.148. The molecule has 0 radical (unpaired) electrons. The van der Waals surface area contributed by atoms with Crippen molar-refractivity contribution in [2.75, 3.05) is 13.7 Å². The molecule has 6 heteroatoms. The molecule has 0 aliphatic carbocycles. The van der Waals surface area contributed by atoms with Gasteiger partial charge in [-0.1, -0.05) is 36.1 Å². The van der Waals surface area contributed by atoms with Crippen molar-refractivity contribution < 1.29 is 28.2 Å². The van der Waals surface area contributed by atoms with Crippen molar-refractivity contribution in [1.29, 1.82) is 0 Å². The van der Waals surface area contributed by atoms with Crippen molar-refractivity contribution in [3.63, 3.8) is 0 Å². The first-order chi connectivity index (χ1) is 16.0. The molecule has 0 fully saturated rings. The summed E-state index contributed by atoms with van der Waals surface area (Å²) in [5.41, 5.74) is 4.10. The molecule has 0 aliphatic heterocycles. The Morgan fingerprint density at radius 2 is 1.85 bits per heavy atom. The van der Waals surface area contributed by atoms with Gasteiger partial charge in [0.2, 0.25) is 0 Å². The SMILES string of the molecule is CO[C@@H](Cc1ccc(C#CCOc2ccc3c(-c4ccc(F)cc4)coc3c2)cc1)C(=O)O. The molecule has 1 heterocycles. The minimum atomic E-state index is -0.988. The highest BCUT2D eigenvalue weighted by Gasteiger charge is 2.16. The third-order valence-corrected chi connectivity index (χ3v) is 5.18. The molecule has 0 bridgehead atoms. The van der Waals surface area contributed by atoms with Gasteiger partial charge in [0.1, 0.15) is 23.8 Å². The predicted molar refractivity (Wildman–Crippen MR) is 123 cm³/mol. The summed E-state index contributed by atoms with van der Waals surface area (Å²) in [5, 5.41) is 9.98. The molecule has 4 rings (SSSR count). The lowest BCUT2D eigenvalue weighted by atomic mass is 10.0. The lowest BCUT2D eigenvalue weighted by molar-refractivity contribution is -0.148. The number of hydrogen-bond donors (Lipinski definition) is 1. The van der Waals surface area contributed by atoms with Crippen molar-refractivity contribution in [1.82, 2.24) is 0 Å². The minimum absolute atomic E-state index is 0.198. The van der Waals surface area contributed by atoms with E-state index in [9.17, 15) is 9.18 Å². The molecule has 33 heavy (non-hydrogen) atoms. The van der Waals surface area contributed by atoms with Crippen molar-refractivity contribution in [2.45, 2.75) is 12.5 Å². The normalized spacial score (nSPS) is 11.6. The van der Waals surface area contributed by atoms with E-state index in [2.05, 4.69) is 11.8 Å². The summed E-state index contributed by atoms with van der Waals surface area (Å²) in [6.45, 7) is 0.198. The lowest BCUT2D eigenvalue weighted by Gasteiger charge is -2.10. The molecule has 3 aromatic carbocycles. The van der Waals surface area contributed by atoms with Crippen molar-refractivity contribution >= 4 is 16.9 Å². The van der Waals surface area contributed by atoms with Gasteiger partial charge < -0.3 is 19.0 Å². The largest absolute Gasteiger partial charge is 0.481 e. The van der Waals surface area contributed by atoms with Crippen LogP contribution in [0.15, 0.2) is 77.4 Å². The number of hydrogen-bond acceptors (Lipinski definition) is 4. The number of fused-ring (bicyclic) bond motifs is 1. The highest BCUT2D eigenvalue weighted by molar-refractivity contribution is 5.94. The number of carboxylic acid groups (broad SMARTS) is 1. The summed E-state index contributed by atoms with van der Waals surface area (Å²) in [7, 11) is 1.38. The Labute approximate surface area is 190 Å². The molecule has 0 saturated heterocycles. The zero-order valence-corrected chi connectivity index (χ0v) is 17.9. The number of carboxylic acids is 1. The molecule has 4 aromatic rings. The van der Waals surface area contributed by atoms with E-state index < -0.39 is 12.1 Å². The molecule has 1 N–H and O–H groups in total. The molecule has 0 spiro atoms. The number of methoxy groups -OCH3 is 1. The first-order valence-corrected chi connectivity index (χ1v) is 10.3. The Morgan fingerprint density at radius 1 is 1.09 bits per heavy atom. The molecule has 0 aliphatic rings. The maximum Gasteiger partial charge on any atom is 0.333 e. The second-order valence-electron chi connectivity index (χ2n) is 7.37. The van der Waals surface area contributed by atoms with Crippen LogP contribution in [0.1, 0.15) is 11.1 Å². The molecule has 0 saturated carbocycles. The highest BCUT2D eigenvalue weighted by Crippen LogP contribution is 2.32. The fourth-order valence-corrected chi connectivity index (χ4v) is 3.42. The topological polar surface area (TPSA) is 68.9 Å². The second-order valence-corrected chi connectivity index (χ2v) is 7.37. The molecular weight excluding hydrogens is 423 g/mol. The monoisotopic (exact) mass is 444 g/mol. The first-order valence-electron chi connectivity index (χ1n) is 10.3. The van der Waals surface area contributed by atoms with Crippen molar-refractivity contribution in [2.24, 2.45) is 0 Å². The van der Waals surface area contributed by atoms with Crippen LogP contribution in [0.3, 0.4) is 0 Å². The summed E-state index contributed by atoms with van der Waals surface area (Å²) in [6, 6.07) is 19.2. The molecule has 5 nitrogen and oxygen atoms in total. The Hall–Kier alpha value is -4.08. The summed E-state index contributed by atoms with van der Waals surface area (Å²) in [6.07, 6.45) is 1.07. The summed E-state index contributed by atoms with van der Waals surface area (Å²) in [4.78, 5) is 11.1. The van der Waals surface area contributed by atoms with Gasteiger partial charge in [0.15, 0.2) is 6.10 Å². The van der Waals surface area contributed by atoms with Crippen LogP contribution in [0.4, 0.5) is 4.39 Å². The summed E-state index contributed by atoms with van der Waals surface area (Å²) in [5.74, 6) is 5.35. The molecule has 166 valence electrons. The van der Waals surface area contributed by atoms with E-state index in [1.807, 2.05) is 36.4 Å². The molecular formula is C27H21FO5. The Kier molecular flexibility index (Phi) is 6.72. The number of rotatable bonds is 7. The second kappa shape index (κ2) is 10.0. The van der Waals surface area contributed by atoms with Gasteiger partial charge in [-0.3, -0.25) is 0 Å². The number of carbonyl (C=O) groups is 1. The predicted octanol–water partition coefficient (Wildman–Crippen LogP) is 5.31. The molecule has 0 amide bonds. The van der Waals surface area contributed by atoms with Gasteiger partial charge in [-0.2, -0.15) is 0 Å². The van der Waals surface area contributed by atoms with Gasteiger partial charge in [-0.15, -0.1) is 0 Å². The van der Waals surface area contributed by atoms with Crippen molar-refractivity contribution in [3.8, 4) is 28.7 Å². The van der Waals surface area contributed by atoms with Crippen LogP contribution in [-0.4, -0.2) is 30.9 Å². The Balaban J connectivity index is 1.37. The molecule has 1 atom stereocenters. The maximum atomic E-state index is 13.2. The zero-order chi connectivity index (χ0) is 23.2. The number of halogens is 1. The average molecular weight is 444 g/mol. The van der Waals surface area contributed by atoms with E-state index in [4.69, 9.17) is 19.0 Å². The van der Waals surface area contributed by atoms with Gasteiger partial charge in [0.05, 0.1) is 6.26 Å². The lowest BCUT2D eigenvalue weighted by Crippen LogP contribution is -2.24. The van der Waals surface area contributed by atoms with Gasteiger partial charge in [-0.25, -0.2) is 9.18 Å². The quantitative estimate of drug-likeness (QED) is 0.391. The van der Waals surface area contributed by atoms with Gasteiger partial charge in [-0.05, 0) is 47.5 Å². The average Bonchev–Trinajstić information content (AvgIpc) is 3.24. The highest BCUT2D eigenvalue weighted by atomic mass is 19.1. The smallest absolute Gasteiger partial charge is 0.333 e. The summed E-state index contributed by atoms with van der Waals surface area (Å²) >= 11 is 0. The van der Waals surface area contributed by atoms with Crippen LogP contribution < -0.4 is 4.74 Å². The number of aliphatic carboxylic acids is 1. The van der Waals surface area contributed by atoms with E-state index in [1.54, 1.807) is 24.5 Å². The van der Waals surface area contributed by atoms with Crippen LogP contribution in [0.5, 0.6) is 5.75 Å². The third kappa shape index (κ3) is 5.40. The Bertz CT molecular complexity index is 1310. The first kappa shape index (κ1) is 22.1. The van der Waals surface area contributed by atoms with Crippen molar-refractivity contribution in [3.05, 3.63) is 89.9 Å².